The molecule has 0 bridgehead atoms. The van der Waals surface area contributed by atoms with Crippen LogP contribution in [0.15, 0.2) is 60.2 Å². The maximum absolute atomic E-state index is 11.4. The number of benzene rings is 2. The van der Waals surface area contributed by atoms with Crippen LogP contribution in [0.2, 0.25) is 0 Å². The van der Waals surface area contributed by atoms with Gasteiger partial charge in [-0.05, 0) is 73.9 Å². The van der Waals surface area contributed by atoms with Crippen LogP contribution < -0.4 is 0 Å². The Morgan fingerprint density at radius 2 is 1.17 bits per heavy atom. The van der Waals surface area contributed by atoms with E-state index in [1.165, 1.54) is 72.8 Å². The third-order valence-electron chi connectivity index (χ3n) is 6.92. The molecule has 0 saturated heterocycles. The molecule has 0 saturated carbocycles. The van der Waals surface area contributed by atoms with Crippen LogP contribution in [0.25, 0.3) is 16.9 Å². The number of hydrogen-bond acceptors (Lipinski definition) is 0. The molecule has 2 aromatic carbocycles. The first kappa shape index (κ1) is 29.4. The van der Waals surface area contributed by atoms with Gasteiger partial charge < -0.3 is 5.53 Å². The Hall–Kier alpha value is -1.82. The van der Waals surface area contributed by atoms with Gasteiger partial charge in [-0.2, -0.15) is 0 Å². The predicted molar refractivity (Wildman–Crippen MR) is 147 cm³/mol. The molecule has 0 atom stereocenters. The van der Waals surface area contributed by atoms with E-state index in [9.17, 15) is 5.53 Å². The van der Waals surface area contributed by atoms with Crippen LogP contribution in [-0.2, 0) is 33.3 Å². The van der Waals surface area contributed by atoms with E-state index in [0.29, 0.717) is 0 Å². The molecule has 0 amide bonds. The minimum Gasteiger partial charge on any atom is -0.493 e. The van der Waals surface area contributed by atoms with Crippen LogP contribution >= 0.6 is 0 Å². The van der Waals surface area contributed by atoms with Crippen LogP contribution in [0.1, 0.15) is 114 Å². The summed E-state index contributed by atoms with van der Waals surface area (Å²) in [7, 11) is 0. The van der Waals surface area contributed by atoms with Crippen molar-refractivity contribution in [3.05, 3.63) is 88.0 Å². The average Bonchev–Trinajstić information content (AvgIpc) is 3.19. The van der Waals surface area contributed by atoms with Crippen molar-refractivity contribution in [3.8, 4) is 0 Å². The normalized spacial score (nSPS) is 13.2. The molecule has 192 valence electrons. The zero-order chi connectivity index (χ0) is 24.2. The zero-order valence-corrected chi connectivity index (χ0v) is 23.7. The van der Waals surface area contributed by atoms with Crippen LogP contribution in [0, 0.1) is 0 Å². The van der Waals surface area contributed by atoms with Crippen molar-refractivity contribution in [1.82, 2.24) is 0 Å². The van der Waals surface area contributed by atoms with Gasteiger partial charge in [-0.25, -0.2) is 4.70 Å². The summed E-state index contributed by atoms with van der Waals surface area (Å²) >= 11 is 0. The number of allylic oxidation sites excluding steroid dienone is 2. The Balaban J connectivity index is 0.00000432. The fraction of sp³-hybridized carbons (Fsp3) is 0.500. The molecule has 0 aromatic heterocycles. The van der Waals surface area contributed by atoms with Gasteiger partial charge in [0.2, 0.25) is 11.4 Å². The second-order valence-electron chi connectivity index (χ2n) is 9.84. The van der Waals surface area contributed by atoms with Gasteiger partial charge >= 0.3 is 0 Å². The number of unbranched alkanes of at least 4 members (excludes halogenated alkanes) is 7. The minimum atomic E-state index is 0. The smallest absolute Gasteiger partial charge is 0.210 e. The summed E-state index contributed by atoms with van der Waals surface area (Å²) in [6.07, 6.45) is 18.0. The van der Waals surface area contributed by atoms with E-state index in [4.69, 9.17) is 0 Å². The molecule has 2 aromatic rings. The molecule has 3 rings (SSSR count). The Morgan fingerprint density at radius 3 is 1.86 bits per heavy atom. The van der Waals surface area contributed by atoms with Crippen molar-refractivity contribution < 1.29 is 25.1 Å². The fourth-order valence-electron chi connectivity index (χ4n) is 4.87. The summed E-state index contributed by atoms with van der Waals surface area (Å²) in [5.41, 5.74) is 19.5. The molecule has 0 aliphatic carbocycles. The Kier molecular flexibility index (Phi) is 13.5. The monoisotopic (exact) mass is 562 g/mol. The SMILES string of the molecule is CCCCCCCCc1cccc(C2=C(CCCC)C=C(c3cccc(CCCC)c3)[N+]2=[N-])c1.[Pd]. The second-order valence-corrected chi connectivity index (χ2v) is 9.84. The number of hydrogen-bond donors (Lipinski definition) is 0. The first-order valence-corrected chi connectivity index (χ1v) is 13.8. The van der Waals surface area contributed by atoms with Crippen LogP contribution in [0.5, 0.6) is 0 Å². The largest absolute Gasteiger partial charge is 0.493 e. The third kappa shape index (κ3) is 8.66. The van der Waals surface area contributed by atoms with Gasteiger partial charge in [0.05, 0.1) is 0 Å². The molecular formula is C32H44N2Pd. The van der Waals surface area contributed by atoms with Crippen LogP contribution in [0.3, 0.4) is 0 Å². The van der Waals surface area contributed by atoms with E-state index < -0.39 is 0 Å². The summed E-state index contributed by atoms with van der Waals surface area (Å²) in [6, 6.07) is 17.6. The summed E-state index contributed by atoms with van der Waals surface area (Å²) < 4.78 is 1.45. The van der Waals surface area contributed by atoms with Gasteiger partial charge in [0.15, 0.2) is 0 Å². The van der Waals surface area contributed by atoms with Crippen LogP contribution in [-0.4, -0.2) is 4.70 Å². The van der Waals surface area contributed by atoms with Crippen LogP contribution in [0.4, 0.5) is 0 Å². The van der Waals surface area contributed by atoms with Gasteiger partial charge in [-0.15, -0.1) is 0 Å². The zero-order valence-electron chi connectivity index (χ0n) is 22.1. The van der Waals surface area contributed by atoms with Crippen molar-refractivity contribution in [1.29, 1.82) is 0 Å². The predicted octanol–water partition coefficient (Wildman–Crippen LogP) is 9.92. The molecule has 0 N–H and O–H groups in total. The van der Waals surface area contributed by atoms with Crippen molar-refractivity contribution >= 4 is 11.4 Å². The maximum atomic E-state index is 11.4. The fourth-order valence-corrected chi connectivity index (χ4v) is 4.87. The topological polar surface area (TPSA) is 25.3 Å². The molecule has 1 aliphatic heterocycles. The summed E-state index contributed by atoms with van der Waals surface area (Å²) in [4.78, 5) is 0. The summed E-state index contributed by atoms with van der Waals surface area (Å²) in [6.45, 7) is 6.73. The Morgan fingerprint density at radius 1 is 0.629 bits per heavy atom. The van der Waals surface area contributed by atoms with E-state index in [-0.39, 0.29) is 20.4 Å². The number of aryl methyl sites for hydroxylation is 2. The molecule has 3 heteroatoms. The van der Waals surface area contributed by atoms with Gasteiger partial charge in [0.25, 0.3) is 0 Å². The van der Waals surface area contributed by atoms with Gasteiger partial charge in [0, 0.05) is 43.2 Å². The standard InChI is InChI=1S/C32H44N2.Pd/c1-4-7-10-11-12-13-17-27-19-15-22-29(24-27)32-30(20-9-6-3)25-31(34(32)33)28-21-14-18-26(23-28)16-8-5-2;/h14-15,18-19,21-25H,4-13,16-17,20H2,1-3H3;. The molecule has 2 nitrogen and oxygen atoms in total. The second kappa shape index (κ2) is 16.0. The molecule has 0 unspecified atom stereocenters. The Labute approximate surface area is 228 Å². The van der Waals surface area contributed by atoms with Gasteiger partial charge in [0.1, 0.15) is 0 Å². The molecular weight excluding hydrogens is 519 g/mol. The quantitative estimate of drug-likeness (QED) is 0.117. The molecule has 1 heterocycles. The van der Waals surface area contributed by atoms with E-state index in [1.54, 1.807) is 0 Å². The van der Waals surface area contributed by atoms with Crippen molar-refractivity contribution in [2.24, 2.45) is 0 Å². The number of nitrogens with zero attached hydrogens (tertiary/aromatic N) is 2. The Bertz CT molecular complexity index is 1000. The first-order chi connectivity index (χ1) is 16.7. The molecule has 0 radical (unpaired) electrons. The van der Waals surface area contributed by atoms with E-state index in [2.05, 4.69) is 75.4 Å². The minimum absolute atomic E-state index is 0. The van der Waals surface area contributed by atoms with Gasteiger partial charge in [-0.3, -0.25) is 0 Å². The maximum Gasteiger partial charge on any atom is 0.210 e. The molecule has 1 aliphatic rings. The molecule has 35 heavy (non-hydrogen) atoms. The van der Waals surface area contributed by atoms with Crippen molar-refractivity contribution in [3.63, 3.8) is 0 Å². The first-order valence-electron chi connectivity index (χ1n) is 13.8. The summed E-state index contributed by atoms with van der Waals surface area (Å²) in [5, 5.41) is 0. The van der Waals surface area contributed by atoms with E-state index in [1.807, 2.05) is 0 Å². The van der Waals surface area contributed by atoms with E-state index in [0.717, 1.165) is 54.6 Å². The average molecular weight is 563 g/mol. The van der Waals surface area contributed by atoms with Gasteiger partial charge in [-0.1, -0.05) is 90.0 Å². The number of rotatable bonds is 15. The van der Waals surface area contributed by atoms with Crippen molar-refractivity contribution in [2.75, 3.05) is 0 Å². The van der Waals surface area contributed by atoms with E-state index >= 15 is 0 Å². The molecule has 0 fully saturated rings. The third-order valence-corrected chi connectivity index (χ3v) is 6.92. The molecule has 0 spiro atoms. The summed E-state index contributed by atoms with van der Waals surface area (Å²) in [5.74, 6) is 0. The van der Waals surface area contributed by atoms with Crippen molar-refractivity contribution in [2.45, 2.75) is 104 Å².